The molecule has 2 aromatic carbocycles. The average molecular weight is 441 g/mol. The Morgan fingerprint density at radius 3 is 2.41 bits per heavy atom. The number of carbonyl (C=O) groups is 1. The molecule has 0 aromatic heterocycles. The first-order chi connectivity index (χ1) is 13.7. The van der Waals surface area contributed by atoms with Gasteiger partial charge in [-0.3, -0.25) is 4.79 Å². The number of benzene rings is 2. The standard InChI is InChI=1S/C19H25ClN4O4S/c1-5-21-15-8-7-14(29(26,27)24(2)3)11-16(15)22-12-19(25)23-17-10-13(20)6-9-18(17)28-4/h6-11,21-22H,5,12H2,1-4H3,(H,23,25). The van der Waals surface area contributed by atoms with Gasteiger partial charge in [0.2, 0.25) is 15.9 Å². The van der Waals surface area contributed by atoms with Crippen molar-refractivity contribution in [1.82, 2.24) is 4.31 Å². The van der Waals surface area contributed by atoms with Crippen molar-refractivity contribution >= 4 is 44.6 Å². The van der Waals surface area contributed by atoms with E-state index < -0.39 is 10.0 Å². The van der Waals surface area contributed by atoms with Crippen molar-refractivity contribution in [3.05, 3.63) is 41.4 Å². The van der Waals surface area contributed by atoms with Gasteiger partial charge in [-0.05, 0) is 43.3 Å². The monoisotopic (exact) mass is 440 g/mol. The van der Waals surface area contributed by atoms with Gasteiger partial charge in [0.25, 0.3) is 0 Å². The number of rotatable bonds is 9. The number of ether oxygens (including phenoxy) is 1. The molecule has 0 aliphatic heterocycles. The first kappa shape index (κ1) is 22.8. The number of anilines is 3. The van der Waals surface area contributed by atoms with Crippen LogP contribution in [0.25, 0.3) is 0 Å². The van der Waals surface area contributed by atoms with Crippen molar-refractivity contribution in [2.75, 3.05) is 50.2 Å². The number of amides is 1. The van der Waals surface area contributed by atoms with Crippen molar-refractivity contribution in [2.24, 2.45) is 0 Å². The lowest BCUT2D eigenvalue weighted by Crippen LogP contribution is -2.24. The lowest BCUT2D eigenvalue weighted by molar-refractivity contribution is -0.114. The number of carbonyl (C=O) groups excluding carboxylic acids is 1. The molecule has 0 atom stereocenters. The van der Waals surface area contributed by atoms with Crippen molar-refractivity contribution in [3.8, 4) is 5.75 Å². The highest BCUT2D eigenvalue weighted by Crippen LogP contribution is 2.28. The smallest absolute Gasteiger partial charge is 0.243 e. The fourth-order valence-corrected chi connectivity index (χ4v) is 3.63. The highest BCUT2D eigenvalue weighted by molar-refractivity contribution is 7.89. The van der Waals surface area contributed by atoms with Gasteiger partial charge in [0.05, 0.1) is 35.6 Å². The Morgan fingerprint density at radius 2 is 1.79 bits per heavy atom. The summed E-state index contributed by atoms with van der Waals surface area (Å²) in [7, 11) is 0.828. The number of hydrogen-bond donors (Lipinski definition) is 3. The predicted octanol–water partition coefficient (Wildman–Crippen LogP) is 3.08. The zero-order valence-electron chi connectivity index (χ0n) is 16.7. The number of nitrogens with zero attached hydrogens (tertiary/aromatic N) is 1. The van der Waals surface area contributed by atoms with Crippen molar-refractivity contribution in [1.29, 1.82) is 0 Å². The third-order valence-corrected chi connectivity index (χ3v) is 6.06. The maximum Gasteiger partial charge on any atom is 0.243 e. The minimum absolute atomic E-state index is 0.0838. The highest BCUT2D eigenvalue weighted by Gasteiger charge is 2.19. The van der Waals surface area contributed by atoms with Crippen LogP contribution >= 0.6 is 11.6 Å². The topological polar surface area (TPSA) is 99.8 Å². The molecule has 8 nitrogen and oxygen atoms in total. The molecule has 0 aliphatic carbocycles. The Morgan fingerprint density at radius 1 is 1.07 bits per heavy atom. The van der Waals surface area contributed by atoms with Crippen LogP contribution in [-0.2, 0) is 14.8 Å². The molecule has 0 bridgehead atoms. The minimum atomic E-state index is -3.60. The normalized spacial score (nSPS) is 11.2. The van der Waals surface area contributed by atoms with Crippen molar-refractivity contribution in [2.45, 2.75) is 11.8 Å². The zero-order chi connectivity index (χ0) is 21.6. The molecule has 3 N–H and O–H groups in total. The molecule has 0 aliphatic rings. The van der Waals surface area contributed by atoms with Gasteiger partial charge in [-0.2, -0.15) is 0 Å². The van der Waals surface area contributed by atoms with Crippen LogP contribution in [-0.4, -0.2) is 52.9 Å². The quantitative estimate of drug-likeness (QED) is 0.554. The molecule has 0 fully saturated rings. The summed E-state index contributed by atoms with van der Waals surface area (Å²) in [4.78, 5) is 12.5. The van der Waals surface area contributed by atoms with Gasteiger partial charge >= 0.3 is 0 Å². The second kappa shape index (κ2) is 9.82. The van der Waals surface area contributed by atoms with Crippen LogP contribution in [0.5, 0.6) is 5.75 Å². The average Bonchev–Trinajstić information content (AvgIpc) is 2.67. The van der Waals surface area contributed by atoms with Gasteiger partial charge in [0.15, 0.2) is 0 Å². The lowest BCUT2D eigenvalue weighted by atomic mass is 10.2. The van der Waals surface area contributed by atoms with E-state index in [-0.39, 0.29) is 17.3 Å². The second-order valence-corrected chi connectivity index (χ2v) is 8.86. The SMILES string of the molecule is CCNc1ccc(S(=O)(=O)N(C)C)cc1NCC(=O)Nc1cc(Cl)ccc1OC. The van der Waals surface area contributed by atoms with Crippen LogP contribution in [0.2, 0.25) is 5.02 Å². The van der Waals surface area contributed by atoms with E-state index in [0.29, 0.717) is 34.4 Å². The van der Waals surface area contributed by atoms with Crippen LogP contribution in [0, 0.1) is 0 Å². The molecular weight excluding hydrogens is 416 g/mol. The molecule has 2 rings (SSSR count). The third kappa shape index (κ3) is 5.75. The van der Waals surface area contributed by atoms with Crippen LogP contribution in [0.4, 0.5) is 17.1 Å². The molecule has 0 heterocycles. The molecule has 0 spiro atoms. The minimum Gasteiger partial charge on any atom is -0.495 e. The van der Waals surface area contributed by atoms with Crippen LogP contribution in [0.1, 0.15) is 6.92 Å². The third-order valence-electron chi connectivity index (χ3n) is 4.01. The summed E-state index contributed by atoms with van der Waals surface area (Å²) in [5, 5.41) is 9.33. The first-order valence-corrected chi connectivity index (χ1v) is 10.7. The number of nitrogens with one attached hydrogen (secondary N) is 3. The number of methoxy groups -OCH3 is 1. The predicted molar refractivity (Wildman–Crippen MR) is 117 cm³/mol. The van der Waals surface area contributed by atoms with Gasteiger partial charge in [0, 0.05) is 25.7 Å². The Kier molecular flexibility index (Phi) is 7.72. The molecule has 2 aromatic rings. The summed E-state index contributed by atoms with van der Waals surface area (Å²) in [6.07, 6.45) is 0. The molecule has 158 valence electrons. The fourth-order valence-electron chi connectivity index (χ4n) is 2.53. The largest absolute Gasteiger partial charge is 0.495 e. The lowest BCUT2D eigenvalue weighted by Gasteiger charge is -2.17. The van der Waals surface area contributed by atoms with Crippen LogP contribution in [0.15, 0.2) is 41.3 Å². The maximum absolute atomic E-state index is 12.4. The Bertz CT molecular complexity index is 980. The number of sulfonamides is 1. The van der Waals surface area contributed by atoms with E-state index in [1.54, 1.807) is 24.3 Å². The Hall–Kier alpha value is -2.49. The summed E-state index contributed by atoms with van der Waals surface area (Å²) in [6, 6.07) is 9.60. The Balaban J connectivity index is 2.20. The van der Waals surface area contributed by atoms with E-state index in [4.69, 9.17) is 16.3 Å². The summed E-state index contributed by atoms with van der Waals surface area (Å²) in [6.45, 7) is 2.48. The van der Waals surface area contributed by atoms with Crippen LogP contribution < -0.4 is 20.7 Å². The van der Waals surface area contributed by atoms with E-state index in [1.165, 1.54) is 33.3 Å². The zero-order valence-corrected chi connectivity index (χ0v) is 18.3. The second-order valence-electron chi connectivity index (χ2n) is 6.27. The van der Waals surface area contributed by atoms with E-state index in [1.807, 2.05) is 6.92 Å². The van der Waals surface area contributed by atoms with Gasteiger partial charge < -0.3 is 20.7 Å². The number of hydrogen-bond acceptors (Lipinski definition) is 6. The van der Waals surface area contributed by atoms with Crippen molar-refractivity contribution in [3.63, 3.8) is 0 Å². The van der Waals surface area contributed by atoms with Gasteiger partial charge in [-0.25, -0.2) is 12.7 Å². The molecular formula is C19H25ClN4O4S. The van der Waals surface area contributed by atoms with Crippen molar-refractivity contribution < 1.29 is 17.9 Å². The number of halogens is 1. The summed E-state index contributed by atoms with van der Waals surface area (Å²) in [5.74, 6) is 0.143. The molecule has 0 unspecified atom stereocenters. The van der Waals surface area contributed by atoms with E-state index in [9.17, 15) is 13.2 Å². The molecule has 0 radical (unpaired) electrons. The molecule has 29 heavy (non-hydrogen) atoms. The summed E-state index contributed by atoms with van der Waals surface area (Å²) in [5.41, 5.74) is 1.64. The maximum atomic E-state index is 12.4. The molecule has 0 saturated heterocycles. The summed E-state index contributed by atoms with van der Waals surface area (Å²) < 4.78 is 31.2. The van der Waals surface area contributed by atoms with E-state index in [0.717, 1.165) is 4.31 Å². The fraction of sp³-hybridized carbons (Fsp3) is 0.316. The first-order valence-electron chi connectivity index (χ1n) is 8.86. The summed E-state index contributed by atoms with van der Waals surface area (Å²) >= 11 is 5.98. The molecule has 10 heteroatoms. The van der Waals surface area contributed by atoms with Gasteiger partial charge in [0.1, 0.15) is 5.75 Å². The molecule has 1 amide bonds. The highest BCUT2D eigenvalue weighted by atomic mass is 35.5. The van der Waals surface area contributed by atoms with E-state index in [2.05, 4.69) is 16.0 Å². The van der Waals surface area contributed by atoms with Gasteiger partial charge in [-0.1, -0.05) is 11.6 Å². The van der Waals surface area contributed by atoms with Gasteiger partial charge in [-0.15, -0.1) is 0 Å². The molecule has 0 saturated carbocycles. The van der Waals surface area contributed by atoms with Crippen LogP contribution in [0.3, 0.4) is 0 Å². The van der Waals surface area contributed by atoms with E-state index >= 15 is 0 Å². The Labute approximate surface area is 176 Å².